The summed E-state index contributed by atoms with van der Waals surface area (Å²) in [5, 5.41) is 12.8. The molecule has 1 saturated carbocycles. The summed E-state index contributed by atoms with van der Waals surface area (Å²) in [5.74, 6) is 2.82. The number of aryl methyl sites for hydroxylation is 1. The fraction of sp³-hybridized carbons (Fsp3) is 0.583. The molecule has 2 unspecified atom stereocenters. The molecule has 5 heteroatoms. The Kier molecular flexibility index (Phi) is 1.76. The predicted octanol–water partition coefficient (Wildman–Crippen LogP) is 1.42. The van der Waals surface area contributed by atoms with E-state index >= 15 is 0 Å². The molecular formula is C12H15N5. The molecule has 2 aliphatic rings. The van der Waals surface area contributed by atoms with Crippen molar-refractivity contribution in [3.8, 4) is 0 Å². The minimum Gasteiger partial charge on any atom is -0.352 e. The molecule has 1 saturated heterocycles. The molecule has 2 atom stereocenters. The Morgan fingerprint density at radius 3 is 2.94 bits per heavy atom. The van der Waals surface area contributed by atoms with E-state index in [1.54, 1.807) is 0 Å². The van der Waals surface area contributed by atoms with Crippen LogP contribution in [0.1, 0.15) is 25.1 Å². The van der Waals surface area contributed by atoms with E-state index in [2.05, 4.69) is 26.3 Å². The lowest BCUT2D eigenvalue weighted by molar-refractivity contribution is 0.548. The standard InChI is InChI=1S/C12H15N5/c1-8-13-14-11-4-5-12(15-17(8)11)16-7-9-2-3-10(16)6-9/h4-5,9-10H,2-3,6-7H2,1H3. The van der Waals surface area contributed by atoms with Crippen LogP contribution in [0.5, 0.6) is 0 Å². The quantitative estimate of drug-likeness (QED) is 0.742. The smallest absolute Gasteiger partial charge is 0.178 e. The van der Waals surface area contributed by atoms with Crippen molar-refractivity contribution in [1.29, 1.82) is 0 Å². The Morgan fingerprint density at radius 1 is 1.24 bits per heavy atom. The van der Waals surface area contributed by atoms with Gasteiger partial charge in [-0.1, -0.05) is 0 Å². The van der Waals surface area contributed by atoms with Gasteiger partial charge in [-0.3, -0.25) is 0 Å². The molecule has 2 fully saturated rings. The minimum atomic E-state index is 0.710. The molecule has 0 aromatic carbocycles. The molecule has 1 aliphatic carbocycles. The summed E-state index contributed by atoms with van der Waals surface area (Å²) in [6.07, 6.45) is 4.07. The van der Waals surface area contributed by atoms with E-state index in [4.69, 9.17) is 0 Å². The van der Waals surface area contributed by atoms with E-state index in [0.29, 0.717) is 6.04 Å². The third-order valence-electron chi connectivity index (χ3n) is 4.11. The molecule has 4 rings (SSSR count). The largest absolute Gasteiger partial charge is 0.352 e. The monoisotopic (exact) mass is 229 g/mol. The van der Waals surface area contributed by atoms with Crippen molar-refractivity contribution in [3.63, 3.8) is 0 Å². The lowest BCUT2D eigenvalue weighted by Crippen LogP contribution is -2.32. The van der Waals surface area contributed by atoms with Crippen molar-refractivity contribution < 1.29 is 0 Å². The van der Waals surface area contributed by atoms with Crippen LogP contribution in [0, 0.1) is 12.8 Å². The van der Waals surface area contributed by atoms with Crippen LogP contribution in [0.15, 0.2) is 12.1 Å². The van der Waals surface area contributed by atoms with E-state index in [1.807, 2.05) is 17.5 Å². The third-order valence-corrected chi connectivity index (χ3v) is 4.11. The maximum atomic E-state index is 4.65. The number of fused-ring (bicyclic) bond motifs is 3. The van der Waals surface area contributed by atoms with Crippen LogP contribution in [0.2, 0.25) is 0 Å². The highest BCUT2D eigenvalue weighted by Gasteiger charge is 2.38. The molecule has 0 N–H and O–H groups in total. The van der Waals surface area contributed by atoms with Gasteiger partial charge in [-0.15, -0.1) is 15.3 Å². The molecule has 1 aliphatic heterocycles. The van der Waals surface area contributed by atoms with Crippen LogP contribution in [0.4, 0.5) is 5.82 Å². The Labute approximate surface area is 99.4 Å². The highest BCUT2D eigenvalue weighted by atomic mass is 15.4. The molecule has 0 amide bonds. The lowest BCUT2D eigenvalue weighted by atomic mass is 10.1. The average Bonchev–Trinajstić information content (AvgIpc) is 3.04. The topological polar surface area (TPSA) is 46.3 Å². The molecule has 2 aromatic heterocycles. The van der Waals surface area contributed by atoms with Gasteiger partial charge in [-0.2, -0.15) is 4.52 Å². The van der Waals surface area contributed by atoms with Gasteiger partial charge >= 0.3 is 0 Å². The molecule has 0 spiro atoms. The van der Waals surface area contributed by atoms with Gasteiger partial charge in [0.05, 0.1) is 0 Å². The first-order valence-corrected chi connectivity index (χ1v) is 6.27. The van der Waals surface area contributed by atoms with Gasteiger partial charge in [-0.25, -0.2) is 0 Å². The molecule has 0 radical (unpaired) electrons. The third kappa shape index (κ3) is 1.28. The van der Waals surface area contributed by atoms with Crippen molar-refractivity contribution in [3.05, 3.63) is 18.0 Å². The number of rotatable bonds is 1. The first kappa shape index (κ1) is 9.39. The molecular weight excluding hydrogens is 214 g/mol. The zero-order chi connectivity index (χ0) is 11.4. The lowest BCUT2D eigenvalue weighted by Gasteiger charge is -2.27. The summed E-state index contributed by atoms with van der Waals surface area (Å²) in [6.45, 7) is 3.11. The Hall–Kier alpha value is -1.65. The number of hydrogen-bond acceptors (Lipinski definition) is 4. The van der Waals surface area contributed by atoms with E-state index in [-0.39, 0.29) is 0 Å². The highest BCUT2D eigenvalue weighted by Crippen LogP contribution is 2.39. The van der Waals surface area contributed by atoms with Crippen LogP contribution in [-0.2, 0) is 0 Å². The van der Waals surface area contributed by atoms with Crippen LogP contribution < -0.4 is 4.90 Å². The van der Waals surface area contributed by atoms with Crippen molar-refractivity contribution in [2.24, 2.45) is 5.92 Å². The van der Waals surface area contributed by atoms with Crippen LogP contribution >= 0.6 is 0 Å². The first-order valence-electron chi connectivity index (χ1n) is 6.27. The van der Waals surface area contributed by atoms with Crippen LogP contribution in [-0.4, -0.2) is 32.4 Å². The number of aromatic nitrogens is 4. The maximum Gasteiger partial charge on any atom is 0.178 e. The van der Waals surface area contributed by atoms with Crippen molar-refractivity contribution >= 4 is 11.5 Å². The molecule has 3 heterocycles. The Morgan fingerprint density at radius 2 is 2.18 bits per heavy atom. The number of anilines is 1. The summed E-state index contributed by atoms with van der Waals surface area (Å²) in [5.41, 5.74) is 0.829. The molecule has 2 bridgehead atoms. The van der Waals surface area contributed by atoms with E-state index in [0.717, 1.165) is 23.2 Å². The Bertz CT molecular complexity index is 575. The van der Waals surface area contributed by atoms with E-state index in [9.17, 15) is 0 Å². The predicted molar refractivity (Wildman–Crippen MR) is 64.0 cm³/mol. The van der Waals surface area contributed by atoms with Crippen molar-refractivity contribution in [1.82, 2.24) is 19.8 Å². The second kappa shape index (κ2) is 3.18. The number of nitrogens with zero attached hydrogens (tertiary/aromatic N) is 5. The first-order chi connectivity index (χ1) is 8.31. The normalized spacial score (nSPS) is 27.2. The second-order valence-corrected chi connectivity index (χ2v) is 5.19. The molecule has 5 nitrogen and oxygen atoms in total. The summed E-state index contributed by atoms with van der Waals surface area (Å²) in [4.78, 5) is 2.45. The van der Waals surface area contributed by atoms with Crippen LogP contribution in [0.25, 0.3) is 5.65 Å². The van der Waals surface area contributed by atoms with Gasteiger partial charge in [-0.05, 0) is 44.2 Å². The van der Waals surface area contributed by atoms with E-state index < -0.39 is 0 Å². The fourth-order valence-electron chi connectivity index (χ4n) is 3.24. The summed E-state index contributed by atoms with van der Waals surface area (Å²) >= 11 is 0. The molecule has 17 heavy (non-hydrogen) atoms. The fourth-order valence-corrected chi connectivity index (χ4v) is 3.24. The number of piperidine rings is 1. The highest BCUT2D eigenvalue weighted by molar-refractivity contribution is 5.47. The summed E-state index contributed by atoms with van der Waals surface area (Å²) < 4.78 is 1.83. The zero-order valence-electron chi connectivity index (χ0n) is 9.87. The van der Waals surface area contributed by atoms with Crippen molar-refractivity contribution in [2.45, 2.75) is 32.2 Å². The van der Waals surface area contributed by atoms with Crippen LogP contribution in [0.3, 0.4) is 0 Å². The molecule has 88 valence electrons. The number of hydrogen-bond donors (Lipinski definition) is 0. The average molecular weight is 229 g/mol. The van der Waals surface area contributed by atoms with Gasteiger partial charge in [0, 0.05) is 12.6 Å². The minimum absolute atomic E-state index is 0.710. The SMILES string of the molecule is Cc1nnc2ccc(N3CC4CCC3C4)nn12. The van der Waals surface area contributed by atoms with Gasteiger partial charge in [0.15, 0.2) is 11.5 Å². The van der Waals surface area contributed by atoms with Crippen molar-refractivity contribution in [2.75, 3.05) is 11.4 Å². The summed E-state index contributed by atoms with van der Waals surface area (Å²) in [7, 11) is 0. The molecule has 2 aromatic rings. The maximum absolute atomic E-state index is 4.65. The Balaban J connectivity index is 1.78. The van der Waals surface area contributed by atoms with Gasteiger partial charge in [0.2, 0.25) is 0 Å². The van der Waals surface area contributed by atoms with Gasteiger partial charge < -0.3 is 4.90 Å². The second-order valence-electron chi connectivity index (χ2n) is 5.19. The van der Waals surface area contributed by atoms with Gasteiger partial charge in [0.25, 0.3) is 0 Å². The summed E-state index contributed by atoms with van der Waals surface area (Å²) in [6, 6.07) is 4.79. The zero-order valence-corrected chi connectivity index (χ0v) is 9.87. The van der Waals surface area contributed by atoms with Gasteiger partial charge in [0.1, 0.15) is 5.82 Å². The van der Waals surface area contributed by atoms with E-state index in [1.165, 1.54) is 25.8 Å².